The van der Waals surface area contributed by atoms with Crippen LogP contribution in [0.1, 0.15) is 18.5 Å². The molecule has 1 heterocycles. The molecule has 1 unspecified atom stereocenters. The predicted octanol–water partition coefficient (Wildman–Crippen LogP) is 2.18. The molecule has 66 valence electrons. The van der Waals surface area contributed by atoms with Crippen molar-refractivity contribution in [3.8, 4) is 0 Å². The number of carbonyl (C=O) groups is 1. The standard InChI is InChI=1S/C7H9NO3S/c1-5(8(11)7(9)10)6-2-3-12-4-6/h2-5,11H,1H3,(H,9,10). The van der Waals surface area contributed by atoms with Crippen molar-refractivity contribution in [2.75, 3.05) is 0 Å². The highest BCUT2D eigenvalue weighted by Crippen LogP contribution is 2.20. The fourth-order valence-corrected chi connectivity index (χ4v) is 1.57. The van der Waals surface area contributed by atoms with E-state index in [1.165, 1.54) is 11.3 Å². The Bertz CT molecular complexity index is 260. The van der Waals surface area contributed by atoms with Crippen molar-refractivity contribution in [2.45, 2.75) is 13.0 Å². The molecule has 0 radical (unpaired) electrons. The summed E-state index contributed by atoms with van der Waals surface area (Å²) >= 11 is 1.47. The molecule has 0 aliphatic rings. The number of hydrogen-bond donors (Lipinski definition) is 2. The zero-order chi connectivity index (χ0) is 9.14. The van der Waals surface area contributed by atoms with Gasteiger partial charge in [-0.1, -0.05) is 0 Å². The van der Waals surface area contributed by atoms with Crippen molar-refractivity contribution in [1.29, 1.82) is 0 Å². The first-order valence-corrected chi connectivity index (χ1v) is 4.30. The summed E-state index contributed by atoms with van der Waals surface area (Å²) in [4.78, 5) is 10.3. The Hall–Kier alpha value is -1.07. The smallest absolute Gasteiger partial charge is 0.431 e. The van der Waals surface area contributed by atoms with E-state index in [1.54, 1.807) is 18.4 Å². The summed E-state index contributed by atoms with van der Waals surface area (Å²) in [6.45, 7) is 1.62. The number of thiophene rings is 1. The van der Waals surface area contributed by atoms with Gasteiger partial charge >= 0.3 is 6.09 Å². The van der Waals surface area contributed by atoms with E-state index in [0.29, 0.717) is 5.06 Å². The van der Waals surface area contributed by atoms with Gasteiger partial charge < -0.3 is 5.11 Å². The van der Waals surface area contributed by atoms with Gasteiger partial charge in [0.25, 0.3) is 0 Å². The van der Waals surface area contributed by atoms with Gasteiger partial charge in [-0.25, -0.2) is 4.79 Å². The molecule has 1 amide bonds. The van der Waals surface area contributed by atoms with Crippen LogP contribution in [0.4, 0.5) is 4.79 Å². The van der Waals surface area contributed by atoms with Crippen molar-refractivity contribution in [3.05, 3.63) is 22.4 Å². The molecular weight excluding hydrogens is 178 g/mol. The molecule has 1 atom stereocenters. The highest BCUT2D eigenvalue weighted by atomic mass is 32.1. The molecule has 2 N–H and O–H groups in total. The summed E-state index contributed by atoms with van der Waals surface area (Å²) in [7, 11) is 0. The lowest BCUT2D eigenvalue weighted by Gasteiger charge is -2.17. The van der Waals surface area contributed by atoms with E-state index >= 15 is 0 Å². The molecule has 0 aliphatic carbocycles. The Morgan fingerprint density at radius 1 is 1.75 bits per heavy atom. The van der Waals surface area contributed by atoms with Crippen LogP contribution in [-0.2, 0) is 0 Å². The van der Waals surface area contributed by atoms with Crippen LogP contribution in [0, 0.1) is 0 Å². The second-order valence-electron chi connectivity index (χ2n) is 2.36. The maximum absolute atomic E-state index is 10.3. The van der Waals surface area contributed by atoms with Crippen LogP contribution in [-0.4, -0.2) is 21.5 Å². The normalized spacial score (nSPS) is 12.5. The zero-order valence-corrected chi connectivity index (χ0v) is 7.28. The third-order valence-corrected chi connectivity index (χ3v) is 2.29. The molecule has 0 fully saturated rings. The third kappa shape index (κ3) is 1.75. The van der Waals surface area contributed by atoms with E-state index in [-0.39, 0.29) is 0 Å². The first-order chi connectivity index (χ1) is 5.63. The molecule has 1 rings (SSSR count). The topological polar surface area (TPSA) is 60.8 Å². The maximum Gasteiger partial charge on any atom is 0.431 e. The van der Waals surface area contributed by atoms with Crippen molar-refractivity contribution in [1.82, 2.24) is 5.06 Å². The molecule has 0 saturated heterocycles. The van der Waals surface area contributed by atoms with Crippen LogP contribution in [0.15, 0.2) is 16.8 Å². The summed E-state index contributed by atoms with van der Waals surface area (Å²) in [5.41, 5.74) is 0.796. The molecule has 0 bridgehead atoms. The highest BCUT2D eigenvalue weighted by molar-refractivity contribution is 7.07. The van der Waals surface area contributed by atoms with E-state index in [0.717, 1.165) is 5.56 Å². The predicted molar refractivity (Wildman–Crippen MR) is 44.4 cm³/mol. The van der Waals surface area contributed by atoms with Gasteiger partial charge in [0.15, 0.2) is 0 Å². The zero-order valence-electron chi connectivity index (χ0n) is 6.47. The molecular formula is C7H9NO3S. The number of hydrogen-bond acceptors (Lipinski definition) is 3. The first-order valence-electron chi connectivity index (χ1n) is 3.36. The average molecular weight is 187 g/mol. The fraction of sp³-hybridized carbons (Fsp3) is 0.286. The lowest BCUT2D eigenvalue weighted by molar-refractivity contribution is -0.0927. The largest absolute Gasteiger partial charge is 0.463 e. The van der Waals surface area contributed by atoms with Crippen LogP contribution >= 0.6 is 11.3 Å². The van der Waals surface area contributed by atoms with Crippen LogP contribution in [0.3, 0.4) is 0 Å². The Morgan fingerprint density at radius 3 is 2.83 bits per heavy atom. The summed E-state index contributed by atoms with van der Waals surface area (Å²) in [5, 5.41) is 21.4. The van der Waals surface area contributed by atoms with E-state index in [2.05, 4.69) is 0 Å². The highest BCUT2D eigenvalue weighted by Gasteiger charge is 2.18. The van der Waals surface area contributed by atoms with E-state index < -0.39 is 12.1 Å². The Balaban J connectivity index is 2.71. The molecule has 0 aliphatic heterocycles. The molecule has 0 saturated carbocycles. The number of rotatable bonds is 2. The van der Waals surface area contributed by atoms with Gasteiger partial charge in [0.2, 0.25) is 0 Å². The van der Waals surface area contributed by atoms with Crippen molar-refractivity contribution in [3.63, 3.8) is 0 Å². The SMILES string of the molecule is CC(c1ccsc1)N(O)C(=O)O. The van der Waals surface area contributed by atoms with E-state index in [4.69, 9.17) is 10.3 Å². The minimum absolute atomic E-state index is 0.294. The molecule has 0 aromatic carbocycles. The van der Waals surface area contributed by atoms with Crippen LogP contribution in [0.5, 0.6) is 0 Å². The molecule has 5 heteroatoms. The molecule has 12 heavy (non-hydrogen) atoms. The van der Waals surface area contributed by atoms with Gasteiger partial charge in [-0.15, -0.1) is 0 Å². The molecule has 1 aromatic heterocycles. The second-order valence-corrected chi connectivity index (χ2v) is 3.14. The van der Waals surface area contributed by atoms with Crippen LogP contribution in [0.25, 0.3) is 0 Å². The monoisotopic (exact) mass is 187 g/mol. The summed E-state index contributed by atoms with van der Waals surface area (Å²) in [5.74, 6) is 0. The van der Waals surface area contributed by atoms with E-state index in [9.17, 15) is 4.79 Å². The fourth-order valence-electron chi connectivity index (χ4n) is 0.820. The Morgan fingerprint density at radius 2 is 2.42 bits per heavy atom. The molecule has 4 nitrogen and oxygen atoms in total. The number of amides is 1. The van der Waals surface area contributed by atoms with Gasteiger partial charge in [0.05, 0.1) is 6.04 Å². The summed E-state index contributed by atoms with van der Waals surface area (Å²) < 4.78 is 0. The van der Waals surface area contributed by atoms with Gasteiger partial charge in [-0.05, 0) is 29.3 Å². The second kappa shape index (κ2) is 3.55. The number of nitrogens with zero attached hydrogens (tertiary/aromatic N) is 1. The lowest BCUT2D eigenvalue weighted by atomic mass is 10.2. The Labute approximate surface area is 73.6 Å². The number of hydroxylamine groups is 2. The lowest BCUT2D eigenvalue weighted by Crippen LogP contribution is -2.28. The summed E-state index contributed by atoms with van der Waals surface area (Å²) in [6.07, 6.45) is -1.34. The quantitative estimate of drug-likeness (QED) is 0.551. The molecule has 1 aromatic rings. The first kappa shape index (κ1) is 9.02. The number of carboxylic acid groups (broad SMARTS) is 1. The van der Waals surface area contributed by atoms with Crippen molar-refractivity contribution >= 4 is 17.4 Å². The maximum atomic E-state index is 10.3. The molecule has 0 spiro atoms. The van der Waals surface area contributed by atoms with Gasteiger partial charge in [-0.3, -0.25) is 5.21 Å². The van der Waals surface area contributed by atoms with Crippen molar-refractivity contribution < 1.29 is 15.1 Å². The minimum Gasteiger partial charge on any atom is -0.463 e. The van der Waals surface area contributed by atoms with Crippen molar-refractivity contribution in [2.24, 2.45) is 0 Å². The van der Waals surface area contributed by atoms with Crippen LogP contribution < -0.4 is 0 Å². The third-order valence-electron chi connectivity index (χ3n) is 1.59. The van der Waals surface area contributed by atoms with Gasteiger partial charge in [-0.2, -0.15) is 16.4 Å². The summed E-state index contributed by atoms with van der Waals surface area (Å²) in [6, 6.07) is 1.27. The van der Waals surface area contributed by atoms with Gasteiger partial charge in [0, 0.05) is 0 Å². The Kier molecular flexibility index (Phi) is 2.67. The minimum atomic E-state index is -1.34. The van der Waals surface area contributed by atoms with Crippen LogP contribution in [0.2, 0.25) is 0 Å². The van der Waals surface area contributed by atoms with E-state index in [1.807, 2.05) is 5.38 Å². The van der Waals surface area contributed by atoms with Gasteiger partial charge in [0.1, 0.15) is 0 Å². The average Bonchev–Trinajstić information content (AvgIpc) is 2.53.